The van der Waals surface area contributed by atoms with Gasteiger partial charge in [-0.15, -0.1) is 10.2 Å². The number of hydrogen-bond donors (Lipinski definition) is 1. The Kier molecular flexibility index (Phi) is 5.89. The maximum Gasteiger partial charge on any atom is 0.254 e. The number of carbonyl (C=O) groups is 1. The smallest absolute Gasteiger partial charge is 0.254 e. The number of pyridine rings is 1. The van der Waals surface area contributed by atoms with Gasteiger partial charge in [-0.2, -0.15) is 0 Å². The quantitative estimate of drug-likeness (QED) is 0.553. The standard InChI is InChI=1S/C21H21IN6O/c1-15-5-6-18(23-14-15)24-19-7-8-20(26-25-19)27-9-11-28(12-10-27)21(29)16-3-2-4-17(22)13-16/h2-8,13-14H,9-12H2,1H3,(H,23,24,25). The van der Waals surface area contributed by atoms with Crippen molar-refractivity contribution >= 4 is 46.0 Å². The molecule has 29 heavy (non-hydrogen) atoms. The first-order valence-electron chi connectivity index (χ1n) is 9.42. The molecule has 1 N–H and O–H groups in total. The number of hydrogen-bond acceptors (Lipinski definition) is 6. The summed E-state index contributed by atoms with van der Waals surface area (Å²) in [4.78, 5) is 21.1. The van der Waals surface area contributed by atoms with Gasteiger partial charge in [-0.1, -0.05) is 12.1 Å². The number of nitrogens with one attached hydrogen (secondary N) is 1. The third kappa shape index (κ3) is 4.81. The molecular weight excluding hydrogens is 479 g/mol. The Morgan fingerprint density at radius 2 is 1.79 bits per heavy atom. The number of halogens is 1. The fourth-order valence-electron chi connectivity index (χ4n) is 3.18. The van der Waals surface area contributed by atoms with E-state index < -0.39 is 0 Å². The van der Waals surface area contributed by atoms with Gasteiger partial charge in [0.15, 0.2) is 11.6 Å². The van der Waals surface area contributed by atoms with Crippen molar-refractivity contribution < 1.29 is 4.79 Å². The summed E-state index contributed by atoms with van der Waals surface area (Å²) in [5, 5.41) is 11.7. The number of aromatic nitrogens is 3. The van der Waals surface area contributed by atoms with E-state index in [2.05, 4.69) is 48.0 Å². The molecule has 4 rings (SSSR count). The first-order chi connectivity index (χ1) is 14.1. The van der Waals surface area contributed by atoms with Crippen LogP contribution in [0.3, 0.4) is 0 Å². The number of piperazine rings is 1. The molecule has 1 fully saturated rings. The lowest BCUT2D eigenvalue weighted by Gasteiger charge is -2.35. The highest BCUT2D eigenvalue weighted by atomic mass is 127. The van der Waals surface area contributed by atoms with Gasteiger partial charge in [0, 0.05) is 41.5 Å². The first kappa shape index (κ1) is 19.6. The molecule has 0 unspecified atom stereocenters. The average Bonchev–Trinajstić information content (AvgIpc) is 2.75. The van der Waals surface area contributed by atoms with Gasteiger partial charge in [-0.25, -0.2) is 4.98 Å². The highest BCUT2D eigenvalue weighted by Gasteiger charge is 2.23. The van der Waals surface area contributed by atoms with E-state index in [0.717, 1.165) is 39.4 Å². The maximum atomic E-state index is 12.7. The van der Waals surface area contributed by atoms with E-state index in [4.69, 9.17) is 0 Å². The number of rotatable bonds is 4. The average molecular weight is 500 g/mol. The van der Waals surface area contributed by atoms with Gasteiger partial charge >= 0.3 is 0 Å². The van der Waals surface area contributed by atoms with Crippen molar-refractivity contribution in [2.75, 3.05) is 36.4 Å². The van der Waals surface area contributed by atoms with Crippen LogP contribution >= 0.6 is 22.6 Å². The molecule has 0 spiro atoms. The maximum absolute atomic E-state index is 12.7. The minimum atomic E-state index is 0.0828. The zero-order valence-electron chi connectivity index (χ0n) is 16.0. The number of anilines is 3. The van der Waals surface area contributed by atoms with Crippen molar-refractivity contribution in [1.29, 1.82) is 0 Å². The molecule has 1 amide bonds. The zero-order chi connectivity index (χ0) is 20.2. The first-order valence-corrected chi connectivity index (χ1v) is 10.5. The van der Waals surface area contributed by atoms with E-state index in [-0.39, 0.29) is 5.91 Å². The summed E-state index contributed by atoms with van der Waals surface area (Å²) in [5.74, 6) is 2.28. The summed E-state index contributed by atoms with van der Waals surface area (Å²) in [6, 6.07) is 15.5. The normalized spacial score (nSPS) is 14.0. The molecule has 0 atom stereocenters. The SMILES string of the molecule is Cc1ccc(Nc2ccc(N3CCN(C(=O)c4cccc(I)c4)CC3)nn2)nc1. The van der Waals surface area contributed by atoms with E-state index in [1.54, 1.807) is 6.20 Å². The molecule has 0 bridgehead atoms. The Morgan fingerprint density at radius 1 is 1.00 bits per heavy atom. The highest BCUT2D eigenvalue weighted by molar-refractivity contribution is 14.1. The van der Waals surface area contributed by atoms with E-state index >= 15 is 0 Å². The zero-order valence-corrected chi connectivity index (χ0v) is 18.2. The monoisotopic (exact) mass is 500 g/mol. The number of amides is 1. The third-order valence-electron chi connectivity index (χ3n) is 4.78. The lowest BCUT2D eigenvalue weighted by molar-refractivity contribution is 0.0746. The van der Waals surface area contributed by atoms with Crippen molar-refractivity contribution in [2.45, 2.75) is 6.92 Å². The Balaban J connectivity index is 1.35. The van der Waals surface area contributed by atoms with Gasteiger partial charge in [0.05, 0.1) is 0 Å². The van der Waals surface area contributed by atoms with E-state index in [1.807, 2.05) is 60.4 Å². The molecule has 7 nitrogen and oxygen atoms in total. The fraction of sp³-hybridized carbons (Fsp3) is 0.238. The van der Waals surface area contributed by atoms with Gasteiger partial charge in [0.25, 0.3) is 5.91 Å². The van der Waals surface area contributed by atoms with Crippen molar-refractivity contribution in [1.82, 2.24) is 20.1 Å². The minimum Gasteiger partial charge on any atom is -0.352 e. The Morgan fingerprint density at radius 3 is 2.45 bits per heavy atom. The van der Waals surface area contributed by atoms with Crippen molar-refractivity contribution in [3.63, 3.8) is 0 Å². The van der Waals surface area contributed by atoms with Crippen LogP contribution < -0.4 is 10.2 Å². The van der Waals surface area contributed by atoms with Crippen molar-refractivity contribution in [2.24, 2.45) is 0 Å². The molecule has 0 aliphatic carbocycles. The summed E-state index contributed by atoms with van der Waals surface area (Å²) < 4.78 is 1.07. The van der Waals surface area contributed by atoms with Crippen LogP contribution in [0, 0.1) is 10.5 Å². The van der Waals surface area contributed by atoms with Crippen LogP contribution in [0.4, 0.5) is 17.5 Å². The third-order valence-corrected chi connectivity index (χ3v) is 5.45. The number of benzene rings is 1. The second-order valence-corrected chi connectivity index (χ2v) is 8.16. The van der Waals surface area contributed by atoms with Gasteiger partial charge < -0.3 is 15.1 Å². The minimum absolute atomic E-state index is 0.0828. The van der Waals surface area contributed by atoms with E-state index in [1.165, 1.54) is 0 Å². The number of aryl methyl sites for hydroxylation is 1. The van der Waals surface area contributed by atoms with Crippen LogP contribution in [-0.4, -0.2) is 52.2 Å². The molecule has 3 aromatic rings. The van der Waals surface area contributed by atoms with Crippen molar-refractivity contribution in [3.8, 4) is 0 Å². The van der Waals surface area contributed by atoms with Crippen LogP contribution in [0.2, 0.25) is 0 Å². The molecule has 148 valence electrons. The van der Waals surface area contributed by atoms with Gasteiger partial charge in [-0.05, 0) is 71.5 Å². The topological polar surface area (TPSA) is 74.2 Å². The van der Waals surface area contributed by atoms with Gasteiger partial charge in [-0.3, -0.25) is 4.79 Å². The molecule has 1 aliphatic heterocycles. The van der Waals surface area contributed by atoms with Gasteiger partial charge in [0.2, 0.25) is 0 Å². The van der Waals surface area contributed by atoms with Crippen molar-refractivity contribution in [3.05, 3.63) is 69.4 Å². The predicted octanol–water partition coefficient (Wildman–Crippen LogP) is 3.49. The molecular formula is C21H21IN6O. The molecule has 3 heterocycles. The summed E-state index contributed by atoms with van der Waals surface area (Å²) in [6.45, 7) is 4.80. The lowest BCUT2D eigenvalue weighted by Crippen LogP contribution is -2.49. The molecule has 1 saturated heterocycles. The number of carbonyl (C=O) groups excluding carboxylic acids is 1. The molecule has 0 saturated carbocycles. The molecule has 1 aromatic carbocycles. The molecule has 8 heteroatoms. The van der Waals surface area contributed by atoms with Crippen LogP contribution in [0.1, 0.15) is 15.9 Å². The highest BCUT2D eigenvalue weighted by Crippen LogP contribution is 2.18. The lowest BCUT2D eigenvalue weighted by atomic mass is 10.2. The predicted molar refractivity (Wildman–Crippen MR) is 122 cm³/mol. The van der Waals surface area contributed by atoms with Crippen LogP contribution in [0.25, 0.3) is 0 Å². The summed E-state index contributed by atoms with van der Waals surface area (Å²) in [5.41, 5.74) is 1.85. The summed E-state index contributed by atoms with van der Waals surface area (Å²) in [6.07, 6.45) is 1.81. The van der Waals surface area contributed by atoms with E-state index in [0.29, 0.717) is 18.9 Å². The van der Waals surface area contributed by atoms with Crippen LogP contribution in [0.5, 0.6) is 0 Å². The second-order valence-electron chi connectivity index (χ2n) is 6.91. The molecule has 2 aromatic heterocycles. The number of nitrogens with zero attached hydrogens (tertiary/aromatic N) is 5. The molecule has 0 radical (unpaired) electrons. The second kappa shape index (κ2) is 8.73. The Hall–Kier alpha value is -2.75. The fourth-order valence-corrected chi connectivity index (χ4v) is 3.72. The Labute approximate surface area is 183 Å². The Bertz CT molecular complexity index is 985. The van der Waals surface area contributed by atoms with E-state index in [9.17, 15) is 4.79 Å². The molecule has 1 aliphatic rings. The van der Waals surface area contributed by atoms with Crippen LogP contribution in [0.15, 0.2) is 54.7 Å². The largest absolute Gasteiger partial charge is 0.352 e. The summed E-state index contributed by atoms with van der Waals surface area (Å²) in [7, 11) is 0. The van der Waals surface area contributed by atoms with Gasteiger partial charge in [0.1, 0.15) is 5.82 Å². The summed E-state index contributed by atoms with van der Waals surface area (Å²) >= 11 is 2.23. The van der Waals surface area contributed by atoms with Crippen LogP contribution in [-0.2, 0) is 0 Å².